The lowest BCUT2D eigenvalue weighted by atomic mass is 10.1. The highest BCUT2D eigenvalue weighted by Crippen LogP contribution is 2.24. The number of carbonyl (C=O) groups is 2. The fourth-order valence-corrected chi connectivity index (χ4v) is 4.11. The number of amides is 2. The molecule has 0 atom stereocenters. The van der Waals surface area contributed by atoms with Crippen molar-refractivity contribution >= 4 is 34.0 Å². The Kier molecular flexibility index (Phi) is 6.04. The molecule has 30 heavy (non-hydrogen) atoms. The Morgan fingerprint density at radius 2 is 2.07 bits per heavy atom. The molecule has 0 unspecified atom stereocenters. The van der Waals surface area contributed by atoms with Crippen molar-refractivity contribution in [3.05, 3.63) is 71.0 Å². The largest absolute Gasteiger partial charge is 0.484 e. The van der Waals surface area contributed by atoms with Crippen molar-refractivity contribution in [2.75, 3.05) is 23.4 Å². The number of nitrogens with zero attached hydrogens (tertiary/aromatic N) is 2. The maximum atomic E-state index is 13.3. The number of hydrogen-bond acceptors (Lipinski definition) is 5. The van der Waals surface area contributed by atoms with Crippen LogP contribution in [0.1, 0.15) is 23.3 Å². The Morgan fingerprint density at radius 1 is 1.23 bits per heavy atom. The first-order chi connectivity index (χ1) is 14.6. The summed E-state index contributed by atoms with van der Waals surface area (Å²) in [5.74, 6) is 0.0814. The Hall–Kier alpha value is -3.26. The minimum absolute atomic E-state index is 0.128. The van der Waals surface area contributed by atoms with Gasteiger partial charge in [-0.2, -0.15) is 0 Å². The number of nitrogens with one attached hydrogen (secondary N) is 1. The van der Waals surface area contributed by atoms with Crippen LogP contribution in [0.2, 0.25) is 0 Å². The molecule has 154 valence electrons. The number of benzene rings is 2. The van der Waals surface area contributed by atoms with Crippen molar-refractivity contribution in [1.82, 2.24) is 4.98 Å². The molecule has 1 saturated heterocycles. The molecule has 4 rings (SSSR count). The monoisotopic (exact) mass is 425 g/mol. The van der Waals surface area contributed by atoms with Gasteiger partial charge in [0.05, 0.1) is 0 Å². The van der Waals surface area contributed by atoms with Crippen LogP contribution in [0, 0.1) is 5.82 Å². The molecule has 0 bridgehead atoms. The van der Waals surface area contributed by atoms with E-state index >= 15 is 0 Å². The van der Waals surface area contributed by atoms with Crippen LogP contribution in [0.4, 0.5) is 15.2 Å². The second-order valence-electron chi connectivity index (χ2n) is 6.92. The molecular formula is C22H20FN3O3S. The first-order valence-corrected chi connectivity index (χ1v) is 10.4. The highest BCUT2D eigenvalue weighted by molar-refractivity contribution is 7.15. The van der Waals surface area contributed by atoms with E-state index < -0.39 is 0 Å². The highest BCUT2D eigenvalue weighted by atomic mass is 32.1. The lowest BCUT2D eigenvalue weighted by molar-refractivity contribution is -0.118. The van der Waals surface area contributed by atoms with E-state index in [1.54, 1.807) is 29.3 Å². The summed E-state index contributed by atoms with van der Waals surface area (Å²) in [5.41, 5.74) is 1.68. The normalized spacial score (nSPS) is 13.5. The van der Waals surface area contributed by atoms with Gasteiger partial charge in [-0.3, -0.25) is 14.9 Å². The molecule has 2 aromatic carbocycles. The van der Waals surface area contributed by atoms with Crippen LogP contribution in [0.5, 0.6) is 5.75 Å². The molecule has 6 nitrogen and oxygen atoms in total. The summed E-state index contributed by atoms with van der Waals surface area (Å²) < 4.78 is 18.8. The molecule has 8 heteroatoms. The summed E-state index contributed by atoms with van der Waals surface area (Å²) in [5, 5.41) is 3.18. The van der Waals surface area contributed by atoms with Gasteiger partial charge in [0.1, 0.15) is 11.6 Å². The number of rotatable bonds is 7. The molecule has 0 spiro atoms. The second kappa shape index (κ2) is 9.04. The lowest BCUT2D eigenvalue weighted by Crippen LogP contribution is -2.23. The summed E-state index contributed by atoms with van der Waals surface area (Å²) in [7, 11) is 0. The fourth-order valence-electron chi connectivity index (χ4n) is 3.24. The van der Waals surface area contributed by atoms with Gasteiger partial charge in [0.25, 0.3) is 5.91 Å². The number of halogens is 1. The quantitative estimate of drug-likeness (QED) is 0.621. The van der Waals surface area contributed by atoms with Crippen LogP contribution in [0.25, 0.3) is 0 Å². The molecule has 1 N–H and O–H groups in total. The zero-order valence-corrected chi connectivity index (χ0v) is 17.0. The van der Waals surface area contributed by atoms with Crippen LogP contribution in [-0.4, -0.2) is 29.9 Å². The molecule has 0 radical (unpaired) electrons. The molecule has 0 aliphatic carbocycles. The van der Waals surface area contributed by atoms with Crippen LogP contribution in [-0.2, 0) is 16.0 Å². The number of carbonyl (C=O) groups excluding carboxylic acids is 2. The van der Waals surface area contributed by atoms with Crippen molar-refractivity contribution in [2.24, 2.45) is 0 Å². The smallest absolute Gasteiger partial charge is 0.264 e. The number of anilines is 2. The Bertz CT molecular complexity index is 1050. The topological polar surface area (TPSA) is 71.5 Å². The molecule has 1 aromatic heterocycles. The highest BCUT2D eigenvalue weighted by Gasteiger charge is 2.21. The fraction of sp³-hybridized carbons (Fsp3) is 0.227. The SMILES string of the molecule is O=C(COc1ccc(N2CCCC2=O)cc1)Nc1ncc(Cc2cccc(F)c2)s1. The van der Waals surface area contributed by atoms with E-state index in [0.717, 1.165) is 29.1 Å². The van der Waals surface area contributed by atoms with Crippen LogP contribution < -0.4 is 15.0 Å². The Labute approximate surface area is 177 Å². The van der Waals surface area contributed by atoms with Gasteiger partial charge in [-0.15, -0.1) is 11.3 Å². The maximum Gasteiger partial charge on any atom is 0.264 e. The zero-order chi connectivity index (χ0) is 20.9. The van der Waals surface area contributed by atoms with Crippen molar-refractivity contribution in [1.29, 1.82) is 0 Å². The van der Waals surface area contributed by atoms with E-state index in [9.17, 15) is 14.0 Å². The van der Waals surface area contributed by atoms with Crippen LogP contribution in [0.3, 0.4) is 0 Å². The number of hydrogen-bond donors (Lipinski definition) is 1. The van der Waals surface area contributed by atoms with E-state index in [-0.39, 0.29) is 24.2 Å². The predicted molar refractivity (Wildman–Crippen MR) is 113 cm³/mol. The zero-order valence-electron chi connectivity index (χ0n) is 16.1. The van der Waals surface area contributed by atoms with Crippen molar-refractivity contribution in [3.8, 4) is 5.75 Å². The third-order valence-electron chi connectivity index (χ3n) is 4.66. The molecule has 1 aliphatic rings. The molecule has 1 fully saturated rings. The van der Waals surface area contributed by atoms with Crippen LogP contribution in [0.15, 0.2) is 54.7 Å². The van der Waals surface area contributed by atoms with E-state index in [1.165, 1.54) is 23.5 Å². The van der Waals surface area contributed by atoms with E-state index in [4.69, 9.17) is 4.74 Å². The average Bonchev–Trinajstić information content (AvgIpc) is 3.35. The first kappa shape index (κ1) is 20.0. The standard InChI is InChI=1S/C22H20FN3O3S/c23-16-4-1-3-15(11-16)12-19-13-24-22(30-19)25-20(27)14-29-18-8-6-17(7-9-18)26-10-2-5-21(26)28/h1,3-4,6-9,11,13H,2,5,10,12,14H2,(H,24,25,27). The van der Waals surface area contributed by atoms with Crippen molar-refractivity contribution in [3.63, 3.8) is 0 Å². The molecular weight excluding hydrogens is 405 g/mol. The summed E-state index contributed by atoms with van der Waals surface area (Å²) in [6.07, 6.45) is 3.68. The van der Waals surface area contributed by atoms with Gasteiger partial charge in [0, 0.05) is 36.1 Å². The number of ether oxygens (including phenoxy) is 1. The average molecular weight is 425 g/mol. The third kappa shape index (κ3) is 5.01. The first-order valence-electron chi connectivity index (χ1n) is 9.59. The van der Waals surface area contributed by atoms with Gasteiger partial charge in [0.2, 0.25) is 5.91 Å². The molecule has 2 amide bonds. The Morgan fingerprint density at radius 3 is 2.80 bits per heavy atom. The van der Waals surface area contributed by atoms with Gasteiger partial charge >= 0.3 is 0 Å². The third-order valence-corrected chi connectivity index (χ3v) is 5.57. The molecule has 1 aliphatic heterocycles. The summed E-state index contributed by atoms with van der Waals surface area (Å²) in [4.78, 5) is 30.8. The second-order valence-corrected chi connectivity index (χ2v) is 8.03. The van der Waals surface area contributed by atoms with Gasteiger partial charge in [-0.25, -0.2) is 9.37 Å². The lowest BCUT2D eigenvalue weighted by Gasteiger charge is -2.16. The number of aromatic nitrogens is 1. The van der Waals surface area contributed by atoms with Crippen LogP contribution >= 0.6 is 11.3 Å². The van der Waals surface area contributed by atoms with E-state index in [2.05, 4.69) is 10.3 Å². The maximum absolute atomic E-state index is 13.3. The summed E-state index contributed by atoms with van der Waals surface area (Å²) in [6.45, 7) is 0.581. The van der Waals surface area contributed by atoms with Crippen molar-refractivity contribution < 1.29 is 18.7 Å². The molecule has 3 aromatic rings. The van der Waals surface area contributed by atoms with Gasteiger partial charge in [-0.05, 0) is 48.4 Å². The molecule has 2 heterocycles. The number of thiazole rings is 1. The van der Waals surface area contributed by atoms with Gasteiger partial charge in [-0.1, -0.05) is 12.1 Å². The predicted octanol–water partition coefficient (Wildman–Crippen LogP) is 4.02. The van der Waals surface area contributed by atoms with E-state index in [1.807, 2.05) is 18.2 Å². The molecule has 0 saturated carbocycles. The van der Waals surface area contributed by atoms with Crippen molar-refractivity contribution in [2.45, 2.75) is 19.3 Å². The summed E-state index contributed by atoms with van der Waals surface area (Å²) in [6, 6.07) is 13.5. The Balaban J connectivity index is 1.27. The summed E-state index contributed by atoms with van der Waals surface area (Å²) >= 11 is 1.34. The van der Waals surface area contributed by atoms with Gasteiger partial charge in [0.15, 0.2) is 11.7 Å². The van der Waals surface area contributed by atoms with E-state index in [0.29, 0.717) is 23.7 Å². The van der Waals surface area contributed by atoms with Gasteiger partial charge < -0.3 is 9.64 Å². The minimum atomic E-state index is -0.319. The minimum Gasteiger partial charge on any atom is -0.484 e.